The fraction of sp³-hybridized carbons (Fsp3) is 0.276. The largest absolute Gasteiger partial charge is 0.494 e. The Bertz CT molecular complexity index is 1540. The number of aliphatic hydroxyl groups excluding tert-OH is 1. The summed E-state index contributed by atoms with van der Waals surface area (Å²) in [5, 5.41) is 13.1. The third kappa shape index (κ3) is 5.07. The first-order chi connectivity index (χ1) is 18.8. The van der Waals surface area contributed by atoms with Crippen molar-refractivity contribution in [3.63, 3.8) is 0 Å². The summed E-state index contributed by atoms with van der Waals surface area (Å²) in [5.74, 6) is 0.259. The third-order valence-corrected chi connectivity index (χ3v) is 7.49. The van der Waals surface area contributed by atoms with Gasteiger partial charge in [-0.25, -0.2) is 14.4 Å². The number of hydrogen-bond acceptors (Lipinski definition) is 6. The number of nitrogens with zero attached hydrogens (tertiary/aromatic N) is 4. The van der Waals surface area contributed by atoms with Gasteiger partial charge in [-0.3, -0.25) is 4.79 Å². The van der Waals surface area contributed by atoms with Crippen LogP contribution in [-0.4, -0.2) is 51.2 Å². The number of carbonyl (C=O) groups excluding carboxylic acids is 1. The molecular weight excluding hydrogens is 521 g/mol. The molecule has 0 saturated heterocycles. The second kappa shape index (κ2) is 11.0. The molecule has 4 aromatic rings. The highest BCUT2D eigenvalue weighted by Gasteiger charge is 2.32. The van der Waals surface area contributed by atoms with E-state index in [-0.39, 0.29) is 24.3 Å². The quantitative estimate of drug-likeness (QED) is 0.298. The predicted molar refractivity (Wildman–Crippen MR) is 148 cm³/mol. The van der Waals surface area contributed by atoms with E-state index in [0.717, 1.165) is 22.3 Å². The van der Waals surface area contributed by atoms with Gasteiger partial charge in [-0.2, -0.15) is 0 Å². The van der Waals surface area contributed by atoms with E-state index in [4.69, 9.17) is 16.3 Å². The lowest BCUT2D eigenvalue weighted by Crippen LogP contribution is -2.39. The fourth-order valence-corrected chi connectivity index (χ4v) is 5.33. The number of methoxy groups -OCH3 is 1. The molecule has 0 unspecified atom stereocenters. The van der Waals surface area contributed by atoms with Crippen molar-refractivity contribution in [3.05, 3.63) is 93.8 Å². The lowest BCUT2D eigenvalue weighted by molar-refractivity contribution is 0.0672. The third-order valence-electron chi connectivity index (χ3n) is 7.19. The van der Waals surface area contributed by atoms with Crippen LogP contribution < -0.4 is 10.1 Å². The van der Waals surface area contributed by atoms with Gasteiger partial charge in [0.25, 0.3) is 5.91 Å². The Balaban J connectivity index is 1.60. The van der Waals surface area contributed by atoms with Crippen molar-refractivity contribution in [2.75, 3.05) is 26.0 Å². The molecule has 0 fully saturated rings. The summed E-state index contributed by atoms with van der Waals surface area (Å²) in [4.78, 5) is 24.4. The van der Waals surface area contributed by atoms with Gasteiger partial charge < -0.3 is 24.6 Å². The molecule has 5 rings (SSSR count). The average Bonchev–Trinajstić information content (AvgIpc) is 3.40. The van der Waals surface area contributed by atoms with E-state index in [1.54, 1.807) is 36.5 Å². The zero-order valence-electron chi connectivity index (χ0n) is 21.9. The number of imidazole rings is 1. The van der Waals surface area contributed by atoms with E-state index >= 15 is 0 Å². The van der Waals surface area contributed by atoms with Crippen molar-refractivity contribution < 1.29 is 19.0 Å². The van der Waals surface area contributed by atoms with Gasteiger partial charge in [0, 0.05) is 43.3 Å². The van der Waals surface area contributed by atoms with Crippen LogP contribution in [0.5, 0.6) is 5.75 Å². The number of carbonyl (C=O) groups is 1. The molecule has 202 valence electrons. The molecule has 2 N–H and O–H groups in total. The van der Waals surface area contributed by atoms with E-state index in [9.17, 15) is 14.3 Å². The highest BCUT2D eigenvalue weighted by atomic mass is 35.5. The number of hydrogen-bond donors (Lipinski definition) is 2. The number of amides is 1. The first-order valence-electron chi connectivity index (χ1n) is 12.6. The van der Waals surface area contributed by atoms with Gasteiger partial charge in [-0.1, -0.05) is 17.7 Å². The van der Waals surface area contributed by atoms with Gasteiger partial charge in [-0.05, 0) is 71.5 Å². The Hall–Kier alpha value is -3.95. The van der Waals surface area contributed by atoms with Crippen LogP contribution in [0.2, 0.25) is 5.15 Å². The van der Waals surface area contributed by atoms with Gasteiger partial charge in [0.05, 0.1) is 26.3 Å². The molecule has 1 amide bonds. The first kappa shape index (κ1) is 26.6. The normalized spacial score (nSPS) is 13.8. The molecule has 1 atom stereocenters. The maximum Gasteiger partial charge on any atom is 0.254 e. The average molecular weight is 550 g/mol. The number of fused-ring (bicyclic) bond motifs is 1. The fourth-order valence-electron chi connectivity index (χ4n) is 5.13. The molecule has 0 radical (unpaired) electrons. The van der Waals surface area contributed by atoms with Crippen LogP contribution in [0.4, 0.5) is 10.3 Å². The lowest BCUT2D eigenvalue weighted by Gasteiger charge is -2.35. The molecule has 0 spiro atoms. The number of aliphatic hydroxyl groups is 1. The van der Waals surface area contributed by atoms with Crippen LogP contribution in [0, 0.1) is 5.82 Å². The molecule has 39 heavy (non-hydrogen) atoms. The smallest absolute Gasteiger partial charge is 0.254 e. The number of anilines is 1. The van der Waals surface area contributed by atoms with Crippen LogP contribution in [0.15, 0.2) is 55.0 Å². The zero-order chi connectivity index (χ0) is 27.7. The summed E-state index contributed by atoms with van der Waals surface area (Å²) in [6, 6.07) is 10.1. The second-order valence-corrected chi connectivity index (χ2v) is 9.81. The summed E-state index contributed by atoms with van der Waals surface area (Å²) in [6.07, 6.45) is 5.70. The first-order valence-corrected chi connectivity index (χ1v) is 13.0. The standard InChI is InChI=1S/C29H29ClFN5O3/c1-17(20-4-5-25(31)26(13-20)39-3)36-8-6-21-22(23-12-19(16-37)14-34-27(23)30)10-18(11-24(21)28(36)38)15-35-9-7-33-29(35)32-2/h4-5,7,9-14,17,37H,6,8,15-16H2,1-3H3,(H,32,33)/t17-/m1/s1. The Morgan fingerprint density at radius 3 is 2.67 bits per heavy atom. The lowest BCUT2D eigenvalue weighted by atomic mass is 9.87. The van der Waals surface area contributed by atoms with Crippen LogP contribution in [0.25, 0.3) is 11.1 Å². The number of pyridine rings is 1. The van der Waals surface area contributed by atoms with Crippen LogP contribution in [0.3, 0.4) is 0 Å². The Kier molecular flexibility index (Phi) is 7.54. The molecule has 3 heterocycles. The minimum absolute atomic E-state index is 0.128. The predicted octanol–water partition coefficient (Wildman–Crippen LogP) is 5.09. The maximum absolute atomic E-state index is 14.0. The van der Waals surface area contributed by atoms with Crippen LogP contribution >= 0.6 is 11.6 Å². The van der Waals surface area contributed by atoms with Gasteiger partial charge >= 0.3 is 0 Å². The number of halogens is 2. The second-order valence-electron chi connectivity index (χ2n) is 9.46. The van der Waals surface area contributed by atoms with Crippen molar-refractivity contribution in [1.29, 1.82) is 0 Å². The number of nitrogens with one attached hydrogen (secondary N) is 1. The molecule has 8 nitrogen and oxygen atoms in total. The minimum atomic E-state index is -0.450. The van der Waals surface area contributed by atoms with Gasteiger partial charge in [-0.15, -0.1) is 0 Å². The summed E-state index contributed by atoms with van der Waals surface area (Å²) in [6.45, 7) is 2.69. The van der Waals surface area contributed by atoms with Crippen molar-refractivity contribution in [2.45, 2.75) is 32.5 Å². The Morgan fingerprint density at radius 1 is 1.15 bits per heavy atom. The molecule has 2 aromatic carbocycles. The molecule has 1 aliphatic rings. The molecule has 0 bridgehead atoms. The van der Waals surface area contributed by atoms with Gasteiger partial charge in [0.1, 0.15) is 5.15 Å². The highest BCUT2D eigenvalue weighted by molar-refractivity contribution is 6.32. The number of aromatic nitrogens is 3. The molecule has 1 aliphatic heterocycles. The number of rotatable bonds is 8. The van der Waals surface area contributed by atoms with Crippen molar-refractivity contribution in [3.8, 4) is 16.9 Å². The SMILES string of the molecule is CNc1nccn1Cc1cc2c(c(-c3cc(CO)cnc3Cl)c1)CCN([C@H](C)c1ccc(F)c(OC)c1)C2=O. The van der Waals surface area contributed by atoms with Crippen molar-refractivity contribution >= 4 is 23.5 Å². The monoisotopic (exact) mass is 549 g/mol. The van der Waals surface area contributed by atoms with E-state index in [2.05, 4.69) is 15.3 Å². The molecule has 2 aromatic heterocycles. The highest BCUT2D eigenvalue weighted by Crippen LogP contribution is 2.38. The topological polar surface area (TPSA) is 92.5 Å². The maximum atomic E-state index is 14.0. The molecule has 0 aliphatic carbocycles. The Morgan fingerprint density at radius 2 is 1.92 bits per heavy atom. The van der Waals surface area contributed by atoms with Crippen molar-refractivity contribution in [1.82, 2.24) is 19.4 Å². The van der Waals surface area contributed by atoms with E-state index in [1.807, 2.05) is 35.9 Å². The zero-order valence-corrected chi connectivity index (χ0v) is 22.7. The van der Waals surface area contributed by atoms with Gasteiger partial charge in [0.2, 0.25) is 5.95 Å². The number of ether oxygens (including phenoxy) is 1. The molecular formula is C29H29ClFN5O3. The van der Waals surface area contributed by atoms with Crippen molar-refractivity contribution in [2.24, 2.45) is 0 Å². The van der Waals surface area contributed by atoms with E-state index in [0.29, 0.717) is 47.3 Å². The van der Waals surface area contributed by atoms with E-state index in [1.165, 1.54) is 13.2 Å². The number of benzene rings is 2. The van der Waals surface area contributed by atoms with Gasteiger partial charge in [0.15, 0.2) is 11.6 Å². The summed E-state index contributed by atoms with van der Waals surface area (Å²) < 4.78 is 21.2. The van der Waals surface area contributed by atoms with Crippen LogP contribution in [0.1, 0.15) is 45.6 Å². The molecule has 0 saturated carbocycles. The summed E-state index contributed by atoms with van der Waals surface area (Å²) >= 11 is 6.55. The van der Waals surface area contributed by atoms with E-state index < -0.39 is 5.82 Å². The summed E-state index contributed by atoms with van der Waals surface area (Å²) in [5.41, 5.74) is 5.22. The summed E-state index contributed by atoms with van der Waals surface area (Å²) in [7, 11) is 3.22. The van der Waals surface area contributed by atoms with Crippen LogP contribution in [-0.2, 0) is 19.6 Å². The molecule has 10 heteroatoms. The minimum Gasteiger partial charge on any atom is -0.494 e. The Labute approximate surface area is 231 Å².